The highest BCUT2D eigenvalue weighted by molar-refractivity contribution is 5.84. The highest BCUT2D eigenvalue weighted by atomic mass is 16.6. The number of ether oxygens (including phenoxy) is 2. The number of carbonyl (C=O) groups excluding carboxylic acids is 2. The Morgan fingerprint density at radius 3 is 1.40 bits per heavy atom. The molecule has 0 aliphatic heterocycles. The number of carbonyl (C=O) groups is 2. The summed E-state index contributed by atoms with van der Waals surface area (Å²) in [5.41, 5.74) is 1.75. The van der Waals surface area contributed by atoms with Gasteiger partial charge in [-0.15, -0.1) is 0 Å². The topological polar surface area (TPSA) is 128 Å². The first kappa shape index (κ1) is 30.1. The van der Waals surface area contributed by atoms with Crippen LogP contribution in [-0.2, 0) is 9.47 Å². The van der Waals surface area contributed by atoms with Gasteiger partial charge in [0.2, 0.25) is 0 Å². The van der Waals surface area contributed by atoms with Crippen LogP contribution in [-0.4, -0.2) is 43.3 Å². The van der Waals surface area contributed by atoms with Gasteiger partial charge in [-0.3, -0.25) is 20.6 Å². The van der Waals surface area contributed by atoms with Gasteiger partial charge in [0.1, 0.15) is 22.8 Å². The molecule has 4 heterocycles. The molecule has 218 valence electrons. The van der Waals surface area contributed by atoms with Crippen molar-refractivity contribution >= 4 is 23.8 Å². The fourth-order valence-electron chi connectivity index (χ4n) is 4.40. The predicted octanol–water partition coefficient (Wildman–Crippen LogP) is 6.92. The van der Waals surface area contributed by atoms with Crippen molar-refractivity contribution in [3.63, 3.8) is 0 Å². The number of rotatable bonds is 7. The average Bonchev–Trinajstić information content (AvgIpc) is 2.90. The number of anilines is 2. The molecule has 42 heavy (non-hydrogen) atoms. The third kappa shape index (κ3) is 8.57. The van der Waals surface area contributed by atoms with E-state index in [1.165, 1.54) is 0 Å². The van der Waals surface area contributed by atoms with Gasteiger partial charge in [0.25, 0.3) is 0 Å². The summed E-state index contributed by atoms with van der Waals surface area (Å²) in [5.74, 6) is -0.142. The monoisotopic (exact) mass is 568 g/mol. The zero-order valence-electron chi connectivity index (χ0n) is 24.7. The maximum absolute atomic E-state index is 12.5. The molecule has 0 atom stereocenters. The van der Waals surface area contributed by atoms with Crippen molar-refractivity contribution in [1.29, 1.82) is 0 Å². The smallest absolute Gasteiger partial charge is 0.413 e. The summed E-state index contributed by atoms with van der Waals surface area (Å²) in [4.78, 5) is 43.5. The molecule has 0 aromatic carbocycles. The van der Waals surface area contributed by atoms with Crippen molar-refractivity contribution < 1.29 is 19.1 Å². The lowest BCUT2D eigenvalue weighted by Crippen LogP contribution is -2.28. The molecular weight excluding hydrogens is 532 g/mol. The van der Waals surface area contributed by atoms with Crippen LogP contribution in [0.15, 0.2) is 85.5 Å². The summed E-state index contributed by atoms with van der Waals surface area (Å²) in [6.45, 7) is 10.8. The minimum absolute atomic E-state index is 0.319. The Labute approximate surface area is 246 Å². The van der Waals surface area contributed by atoms with Crippen LogP contribution in [0.1, 0.15) is 75.9 Å². The second-order valence-corrected chi connectivity index (χ2v) is 11.7. The summed E-state index contributed by atoms with van der Waals surface area (Å²) >= 11 is 0. The Kier molecular flexibility index (Phi) is 9.15. The van der Waals surface area contributed by atoms with Crippen LogP contribution < -0.4 is 10.6 Å². The van der Waals surface area contributed by atoms with E-state index in [4.69, 9.17) is 19.4 Å². The second-order valence-electron chi connectivity index (χ2n) is 11.7. The van der Waals surface area contributed by atoms with E-state index < -0.39 is 29.3 Å². The third-order valence-electron chi connectivity index (χ3n) is 5.86. The minimum Gasteiger partial charge on any atom is -0.444 e. The SMILES string of the molecule is CC(C)(C)OC(=O)Nc1cccc(C(c2cccc(NC(=O)OC(C)(C)C)n2)C(c2cccnc2)c2cccnc2)n1. The molecule has 0 spiro atoms. The average molecular weight is 569 g/mol. The molecule has 2 amide bonds. The summed E-state index contributed by atoms with van der Waals surface area (Å²) in [6.07, 6.45) is 5.81. The van der Waals surface area contributed by atoms with Crippen LogP contribution in [0.3, 0.4) is 0 Å². The molecule has 0 bridgehead atoms. The lowest BCUT2D eigenvalue weighted by atomic mass is 9.78. The van der Waals surface area contributed by atoms with E-state index in [0.29, 0.717) is 23.0 Å². The highest BCUT2D eigenvalue weighted by Crippen LogP contribution is 2.41. The molecule has 10 nitrogen and oxygen atoms in total. The standard InChI is InChI=1S/C32H36N6O4/c1-31(2,3)41-29(39)37-25-15-7-13-23(35-25)28(24-14-8-16-26(36-24)38-30(40)42-32(4,5)6)27(21-11-9-17-33-19-21)22-12-10-18-34-20-22/h7-20,27-28H,1-6H3,(H,35,37,39)(H,36,38,40). The first-order valence-corrected chi connectivity index (χ1v) is 13.6. The molecule has 4 aromatic heterocycles. The lowest BCUT2D eigenvalue weighted by Gasteiger charge is -2.28. The van der Waals surface area contributed by atoms with Gasteiger partial charge in [-0.05, 0) is 89.1 Å². The van der Waals surface area contributed by atoms with Crippen molar-refractivity contribution in [2.75, 3.05) is 10.6 Å². The molecular formula is C32H36N6O4. The number of aromatic nitrogens is 4. The van der Waals surface area contributed by atoms with Crippen molar-refractivity contribution in [1.82, 2.24) is 19.9 Å². The molecule has 0 saturated carbocycles. The molecule has 0 aliphatic rings. The van der Waals surface area contributed by atoms with Crippen molar-refractivity contribution in [2.45, 2.75) is 64.6 Å². The third-order valence-corrected chi connectivity index (χ3v) is 5.86. The van der Waals surface area contributed by atoms with Gasteiger partial charge in [0.15, 0.2) is 0 Å². The predicted molar refractivity (Wildman–Crippen MR) is 160 cm³/mol. The number of hydrogen-bond donors (Lipinski definition) is 2. The Hall–Kier alpha value is -4.86. The van der Waals surface area contributed by atoms with Crippen molar-refractivity contribution in [3.05, 3.63) is 108 Å². The van der Waals surface area contributed by atoms with E-state index in [2.05, 4.69) is 20.6 Å². The van der Waals surface area contributed by atoms with E-state index in [0.717, 1.165) is 11.1 Å². The molecule has 4 rings (SSSR count). The maximum atomic E-state index is 12.5. The van der Waals surface area contributed by atoms with Crippen molar-refractivity contribution in [3.8, 4) is 0 Å². The highest BCUT2D eigenvalue weighted by Gasteiger charge is 2.32. The fraction of sp³-hybridized carbons (Fsp3) is 0.312. The Bertz CT molecular complexity index is 1390. The van der Waals surface area contributed by atoms with E-state index in [1.807, 2.05) is 48.5 Å². The first-order chi connectivity index (χ1) is 19.9. The van der Waals surface area contributed by atoms with E-state index in [-0.39, 0.29) is 5.92 Å². The molecule has 0 radical (unpaired) electrons. The van der Waals surface area contributed by atoms with Gasteiger partial charge in [-0.1, -0.05) is 24.3 Å². The number of nitrogens with one attached hydrogen (secondary N) is 2. The van der Waals surface area contributed by atoms with Gasteiger partial charge in [-0.25, -0.2) is 19.6 Å². The second kappa shape index (κ2) is 12.8. The Morgan fingerprint density at radius 2 is 1.05 bits per heavy atom. The van der Waals surface area contributed by atoms with E-state index in [9.17, 15) is 9.59 Å². The van der Waals surface area contributed by atoms with Crippen molar-refractivity contribution in [2.24, 2.45) is 0 Å². The molecule has 0 aliphatic carbocycles. The van der Waals surface area contributed by atoms with Crippen LogP contribution in [0.4, 0.5) is 21.2 Å². The molecule has 0 saturated heterocycles. The minimum atomic E-state index is -0.665. The van der Waals surface area contributed by atoms with Gasteiger partial charge in [-0.2, -0.15) is 0 Å². The van der Waals surface area contributed by atoms with E-state index >= 15 is 0 Å². The quantitative estimate of drug-likeness (QED) is 0.246. The summed E-state index contributed by atoms with van der Waals surface area (Å²) in [6, 6.07) is 18.5. The molecule has 2 N–H and O–H groups in total. The Balaban J connectivity index is 1.82. The number of nitrogens with zero attached hydrogens (tertiary/aromatic N) is 4. The lowest BCUT2D eigenvalue weighted by molar-refractivity contribution is 0.0624. The Morgan fingerprint density at radius 1 is 0.619 bits per heavy atom. The van der Waals surface area contributed by atoms with Crippen LogP contribution >= 0.6 is 0 Å². The zero-order valence-corrected chi connectivity index (χ0v) is 24.7. The summed E-state index contributed by atoms with van der Waals surface area (Å²) in [7, 11) is 0. The van der Waals surface area contributed by atoms with Crippen LogP contribution in [0.5, 0.6) is 0 Å². The number of hydrogen-bond acceptors (Lipinski definition) is 8. The normalized spacial score (nSPS) is 11.7. The summed E-state index contributed by atoms with van der Waals surface area (Å²) in [5, 5.41) is 5.46. The zero-order chi connectivity index (χ0) is 30.3. The maximum Gasteiger partial charge on any atom is 0.413 e. The first-order valence-electron chi connectivity index (χ1n) is 13.6. The van der Waals surface area contributed by atoms with Crippen LogP contribution in [0.25, 0.3) is 0 Å². The van der Waals surface area contributed by atoms with Gasteiger partial charge in [0, 0.05) is 30.7 Å². The molecule has 0 unspecified atom stereocenters. The van der Waals surface area contributed by atoms with E-state index in [1.54, 1.807) is 78.5 Å². The molecule has 10 heteroatoms. The molecule has 0 fully saturated rings. The van der Waals surface area contributed by atoms with Crippen LogP contribution in [0, 0.1) is 0 Å². The number of pyridine rings is 4. The fourth-order valence-corrected chi connectivity index (χ4v) is 4.40. The number of amides is 2. The molecule has 4 aromatic rings. The van der Waals surface area contributed by atoms with Gasteiger partial charge >= 0.3 is 12.2 Å². The van der Waals surface area contributed by atoms with Gasteiger partial charge < -0.3 is 9.47 Å². The largest absolute Gasteiger partial charge is 0.444 e. The van der Waals surface area contributed by atoms with Gasteiger partial charge in [0.05, 0.1) is 17.3 Å². The summed E-state index contributed by atoms with van der Waals surface area (Å²) < 4.78 is 10.9. The van der Waals surface area contributed by atoms with Crippen LogP contribution in [0.2, 0.25) is 0 Å².